The molecule has 0 atom stereocenters. The Balaban J connectivity index is 2.06. The van der Waals surface area contributed by atoms with Gasteiger partial charge in [-0.2, -0.15) is 0 Å². The molecule has 4 heteroatoms. The van der Waals surface area contributed by atoms with Crippen LogP contribution in [0.15, 0.2) is 60.7 Å². The SMILES string of the molecule is OCc1ccc(-n2c3ccc(CO)cc3c3cc(CO)ccc32)cc1. The summed E-state index contributed by atoms with van der Waals surface area (Å²) in [5.74, 6) is 0. The van der Waals surface area contributed by atoms with Crippen LogP contribution in [-0.4, -0.2) is 19.9 Å². The van der Waals surface area contributed by atoms with Crippen LogP contribution < -0.4 is 0 Å². The predicted molar refractivity (Wildman–Crippen MR) is 98.5 cm³/mol. The zero-order valence-electron chi connectivity index (χ0n) is 13.7. The van der Waals surface area contributed by atoms with Crippen LogP contribution >= 0.6 is 0 Å². The molecule has 0 saturated heterocycles. The van der Waals surface area contributed by atoms with Gasteiger partial charge in [0.05, 0.1) is 30.9 Å². The van der Waals surface area contributed by atoms with Crippen molar-refractivity contribution in [2.24, 2.45) is 0 Å². The molecule has 3 N–H and O–H groups in total. The van der Waals surface area contributed by atoms with E-state index in [9.17, 15) is 15.3 Å². The number of aliphatic hydroxyl groups excluding tert-OH is 3. The lowest BCUT2D eigenvalue weighted by Gasteiger charge is -2.09. The maximum absolute atomic E-state index is 9.48. The zero-order valence-corrected chi connectivity index (χ0v) is 13.7. The molecule has 3 aromatic carbocycles. The maximum atomic E-state index is 9.48. The summed E-state index contributed by atoms with van der Waals surface area (Å²) in [6, 6.07) is 19.7. The lowest BCUT2D eigenvalue weighted by atomic mass is 10.1. The Morgan fingerprint density at radius 3 is 1.44 bits per heavy atom. The predicted octanol–water partition coefficient (Wildman–Crippen LogP) is 3.26. The second-order valence-corrected chi connectivity index (χ2v) is 6.18. The summed E-state index contributed by atoms with van der Waals surface area (Å²) in [4.78, 5) is 0. The minimum absolute atomic E-state index is 0.00645. The molecule has 25 heavy (non-hydrogen) atoms. The summed E-state index contributed by atoms with van der Waals surface area (Å²) in [6.07, 6.45) is 0. The Kier molecular flexibility index (Phi) is 4.01. The molecular formula is C21H19NO3. The van der Waals surface area contributed by atoms with E-state index in [2.05, 4.69) is 4.57 Å². The first-order valence-corrected chi connectivity index (χ1v) is 8.23. The standard InChI is InChI=1S/C21H19NO3/c23-11-14-1-5-17(6-2-14)22-20-7-3-15(12-24)9-18(20)19-10-16(13-25)4-8-21(19)22/h1-10,23-25H,11-13H2. The van der Waals surface area contributed by atoms with Crippen LogP contribution in [0.25, 0.3) is 27.5 Å². The van der Waals surface area contributed by atoms with E-state index in [1.54, 1.807) is 0 Å². The third-order valence-electron chi connectivity index (χ3n) is 4.64. The quantitative estimate of drug-likeness (QED) is 0.537. The molecule has 0 saturated carbocycles. The summed E-state index contributed by atoms with van der Waals surface area (Å²) in [6.45, 7) is 0.00811. The van der Waals surface area contributed by atoms with Crippen LogP contribution in [0, 0.1) is 0 Å². The molecule has 4 aromatic rings. The van der Waals surface area contributed by atoms with Gasteiger partial charge in [-0.3, -0.25) is 0 Å². The summed E-state index contributed by atoms with van der Waals surface area (Å²) in [5, 5.41) is 30.3. The Morgan fingerprint density at radius 1 is 0.560 bits per heavy atom. The van der Waals surface area contributed by atoms with Crippen LogP contribution in [0.3, 0.4) is 0 Å². The smallest absolute Gasteiger partial charge is 0.0682 e. The third kappa shape index (κ3) is 2.61. The molecule has 0 bridgehead atoms. The first-order chi connectivity index (χ1) is 12.2. The highest BCUT2D eigenvalue weighted by molar-refractivity contribution is 6.09. The van der Waals surface area contributed by atoms with Gasteiger partial charge in [-0.1, -0.05) is 24.3 Å². The van der Waals surface area contributed by atoms with Gasteiger partial charge in [-0.05, 0) is 53.1 Å². The number of aromatic nitrogens is 1. The van der Waals surface area contributed by atoms with Gasteiger partial charge in [0, 0.05) is 16.5 Å². The molecule has 0 fully saturated rings. The molecular weight excluding hydrogens is 314 g/mol. The second-order valence-electron chi connectivity index (χ2n) is 6.18. The third-order valence-corrected chi connectivity index (χ3v) is 4.64. The van der Waals surface area contributed by atoms with Crippen molar-refractivity contribution in [3.8, 4) is 5.69 Å². The maximum Gasteiger partial charge on any atom is 0.0682 e. The van der Waals surface area contributed by atoms with E-state index in [-0.39, 0.29) is 19.8 Å². The highest BCUT2D eigenvalue weighted by Gasteiger charge is 2.13. The Hall–Kier alpha value is -2.66. The van der Waals surface area contributed by atoms with Crippen LogP contribution in [-0.2, 0) is 19.8 Å². The number of nitrogens with zero attached hydrogens (tertiary/aromatic N) is 1. The van der Waals surface area contributed by atoms with Crippen molar-refractivity contribution in [1.29, 1.82) is 0 Å². The van der Waals surface area contributed by atoms with Gasteiger partial charge in [0.1, 0.15) is 0 Å². The average Bonchev–Trinajstić information content (AvgIpc) is 3.00. The Bertz CT molecular complexity index is 987. The summed E-state index contributed by atoms with van der Waals surface area (Å²) < 4.78 is 2.16. The van der Waals surface area contributed by atoms with Gasteiger partial charge >= 0.3 is 0 Å². The molecule has 0 amide bonds. The van der Waals surface area contributed by atoms with Crippen molar-refractivity contribution < 1.29 is 15.3 Å². The fourth-order valence-electron chi connectivity index (χ4n) is 3.34. The minimum atomic E-state index is -0.00645. The molecule has 0 aliphatic heterocycles. The summed E-state index contributed by atoms with van der Waals surface area (Å²) in [7, 11) is 0. The van der Waals surface area contributed by atoms with E-state index in [1.807, 2.05) is 60.7 Å². The molecule has 1 heterocycles. The molecule has 0 unspecified atom stereocenters. The molecule has 4 nitrogen and oxygen atoms in total. The number of benzene rings is 3. The molecule has 0 spiro atoms. The normalized spacial score (nSPS) is 11.5. The van der Waals surface area contributed by atoms with E-state index in [0.29, 0.717) is 0 Å². The van der Waals surface area contributed by atoms with E-state index in [0.717, 1.165) is 44.2 Å². The number of hydrogen-bond acceptors (Lipinski definition) is 3. The number of fused-ring (bicyclic) bond motifs is 3. The van der Waals surface area contributed by atoms with Crippen molar-refractivity contribution in [2.75, 3.05) is 0 Å². The number of aliphatic hydroxyl groups is 3. The van der Waals surface area contributed by atoms with E-state index in [4.69, 9.17) is 0 Å². The van der Waals surface area contributed by atoms with Gasteiger partial charge in [0.2, 0.25) is 0 Å². The van der Waals surface area contributed by atoms with E-state index >= 15 is 0 Å². The van der Waals surface area contributed by atoms with Gasteiger partial charge in [-0.15, -0.1) is 0 Å². The lowest BCUT2D eigenvalue weighted by molar-refractivity contribution is 0.281. The van der Waals surface area contributed by atoms with Crippen LogP contribution in [0.5, 0.6) is 0 Å². The van der Waals surface area contributed by atoms with Gasteiger partial charge in [-0.25, -0.2) is 0 Å². The topological polar surface area (TPSA) is 65.6 Å². The van der Waals surface area contributed by atoms with Crippen LogP contribution in [0.1, 0.15) is 16.7 Å². The van der Waals surface area contributed by atoms with Crippen LogP contribution in [0.2, 0.25) is 0 Å². The fraction of sp³-hybridized carbons (Fsp3) is 0.143. The molecule has 0 aliphatic carbocycles. The van der Waals surface area contributed by atoms with Gasteiger partial charge in [0.15, 0.2) is 0 Å². The Labute approximate surface area is 145 Å². The van der Waals surface area contributed by atoms with Crippen LogP contribution in [0.4, 0.5) is 0 Å². The fourth-order valence-corrected chi connectivity index (χ4v) is 3.34. The molecule has 1 aromatic heterocycles. The van der Waals surface area contributed by atoms with Crippen molar-refractivity contribution in [1.82, 2.24) is 4.57 Å². The number of rotatable bonds is 4. The minimum Gasteiger partial charge on any atom is -0.392 e. The molecule has 4 rings (SSSR count). The number of hydrogen-bond donors (Lipinski definition) is 3. The second kappa shape index (κ2) is 6.33. The van der Waals surface area contributed by atoms with Crippen molar-refractivity contribution in [3.63, 3.8) is 0 Å². The first kappa shape index (κ1) is 15.8. The average molecular weight is 333 g/mol. The van der Waals surface area contributed by atoms with E-state index < -0.39 is 0 Å². The molecule has 0 aliphatic rings. The van der Waals surface area contributed by atoms with Crippen molar-refractivity contribution in [2.45, 2.75) is 19.8 Å². The lowest BCUT2D eigenvalue weighted by Crippen LogP contribution is -1.95. The molecule has 0 radical (unpaired) electrons. The first-order valence-electron chi connectivity index (χ1n) is 8.23. The van der Waals surface area contributed by atoms with Crippen molar-refractivity contribution >= 4 is 21.8 Å². The highest BCUT2D eigenvalue weighted by Crippen LogP contribution is 2.33. The monoisotopic (exact) mass is 333 g/mol. The van der Waals surface area contributed by atoms with Crippen molar-refractivity contribution in [3.05, 3.63) is 77.4 Å². The largest absolute Gasteiger partial charge is 0.392 e. The summed E-state index contributed by atoms with van der Waals surface area (Å²) >= 11 is 0. The Morgan fingerprint density at radius 2 is 1.00 bits per heavy atom. The van der Waals surface area contributed by atoms with E-state index in [1.165, 1.54) is 0 Å². The zero-order chi connectivity index (χ0) is 17.4. The van der Waals surface area contributed by atoms with Gasteiger partial charge in [0.25, 0.3) is 0 Å². The molecule has 126 valence electrons. The van der Waals surface area contributed by atoms with Gasteiger partial charge < -0.3 is 19.9 Å². The highest BCUT2D eigenvalue weighted by atomic mass is 16.3. The summed E-state index contributed by atoms with van der Waals surface area (Å²) in [5.41, 5.74) is 5.67.